The van der Waals surface area contributed by atoms with Gasteiger partial charge in [0.15, 0.2) is 11.6 Å². The second-order valence-corrected chi connectivity index (χ2v) is 7.87. The lowest BCUT2D eigenvalue weighted by molar-refractivity contribution is 0.606. The normalized spacial score (nSPS) is 15.8. The molecular formula is C24H19FN6. The summed E-state index contributed by atoms with van der Waals surface area (Å²) in [6.45, 7) is 0. The van der Waals surface area contributed by atoms with Crippen molar-refractivity contribution in [2.24, 2.45) is 0 Å². The van der Waals surface area contributed by atoms with Gasteiger partial charge in [-0.25, -0.2) is 14.4 Å². The van der Waals surface area contributed by atoms with Crippen LogP contribution in [0.3, 0.4) is 0 Å². The maximum atomic E-state index is 13.7. The van der Waals surface area contributed by atoms with Gasteiger partial charge in [0.2, 0.25) is 0 Å². The van der Waals surface area contributed by atoms with Crippen molar-refractivity contribution < 1.29 is 4.39 Å². The summed E-state index contributed by atoms with van der Waals surface area (Å²) in [5.41, 5.74) is 5.82. The lowest BCUT2D eigenvalue weighted by Gasteiger charge is -2.24. The molecule has 2 N–H and O–H groups in total. The molecule has 6 nitrogen and oxygen atoms in total. The largest absolute Gasteiger partial charge is 0.365 e. The number of fused-ring (bicyclic) bond motifs is 4. The van der Waals surface area contributed by atoms with Crippen LogP contribution < -0.4 is 5.32 Å². The highest BCUT2D eigenvalue weighted by atomic mass is 19.1. The number of aromatic nitrogens is 5. The lowest BCUT2D eigenvalue weighted by Crippen LogP contribution is -2.27. The summed E-state index contributed by atoms with van der Waals surface area (Å²) >= 11 is 0. The number of aryl methyl sites for hydroxylation is 1. The molecule has 0 fully saturated rings. The molecule has 0 unspecified atom stereocenters. The van der Waals surface area contributed by atoms with Gasteiger partial charge < -0.3 is 10.3 Å². The Hall–Kier alpha value is -3.87. The van der Waals surface area contributed by atoms with Gasteiger partial charge in [-0.2, -0.15) is 0 Å². The highest BCUT2D eigenvalue weighted by Crippen LogP contribution is 2.31. The van der Waals surface area contributed by atoms with E-state index in [1.807, 2.05) is 12.1 Å². The number of rotatable bonds is 3. The van der Waals surface area contributed by atoms with Crippen molar-refractivity contribution in [1.29, 1.82) is 0 Å². The summed E-state index contributed by atoms with van der Waals surface area (Å²) in [6.07, 6.45) is 7.33. The predicted molar refractivity (Wildman–Crippen MR) is 118 cm³/mol. The fourth-order valence-corrected chi connectivity index (χ4v) is 4.42. The summed E-state index contributed by atoms with van der Waals surface area (Å²) in [4.78, 5) is 21.3. The van der Waals surface area contributed by atoms with Crippen LogP contribution in [0.2, 0.25) is 0 Å². The number of nitrogens with zero attached hydrogens (tertiary/aromatic N) is 4. The molecule has 0 saturated carbocycles. The van der Waals surface area contributed by atoms with Crippen molar-refractivity contribution in [3.63, 3.8) is 0 Å². The fraction of sp³-hybridized carbons (Fsp3) is 0.167. The fourth-order valence-electron chi connectivity index (χ4n) is 4.42. The standard InChI is InChI=1S/C24H19FN6/c25-15-10-14(12-26-13-15)23-30-21-6-3-9-27-22(21)24(31-23)28-16-7-8-20-18(11-16)17-4-1-2-5-19(17)29-20/h1-6,9-10,12-13,16,29H,7-8,11H2,(H,28,30,31)/t16-/m1/s1. The zero-order valence-electron chi connectivity index (χ0n) is 16.6. The van der Waals surface area contributed by atoms with E-state index in [0.717, 1.165) is 19.3 Å². The van der Waals surface area contributed by atoms with Gasteiger partial charge in [-0.3, -0.25) is 9.97 Å². The van der Waals surface area contributed by atoms with Crippen molar-refractivity contribution in [2.45, 2.75) is 25.3 Å². The molecule has 0 radical (unpaired) electrons. The number of H-pyrrole nitrogens is 1. The van der Waals surface area contributed by atoms with Gasteiger partial charge in [0.25, 0.3) is 0 Å². The molecular weight excluding hydrogens is 391 g/mol. The van der Waals surface area contributed by atoms with Gasteiger partial charge in [-0.1, -0.05) is 18.2 Å². The van der Waals surface area contributed by atoms with Crippen molar-refractivity contribution in [3.05, 3.63) is 78.1 Å². The van der Waals surface area contributed by atoms with E-state index >= 15 is 0 Å². The Balaban J connectivity index is 1.39. The second kappa shape index (κ2) is 7.12. The molecule has 0 amide bonds. The van der Waals surface area contributed by atoms with Gasteiger partial charge >= 0.3 is 0 Å². The van der Waals surface area contributed by atoms with Crippen LogP contribution >= 0.6 is 0 Å². The lowest BCUT2D eigenvalue weighted by atomic mass is 9.91. The van der Waals surface area contributed by atoms with Crippen LogP contribution in [0.4, 0.5) is 10.2 Å². The van der Waals surface area contributed by atoms with E-state index in [9.17, 15) is 4.39 Å². The topological polar surface area (TPSA) is 79.4 Å². The minimum absolute atomic E-state index is 0.213. The Bertz CT molecular complexity index is 1430. The van der Waals surface area contributed by atoms with Crippen LogP contribution in [-0.4, -0.2) is 31.0 Å². The average molecular weight is 410 g/mol. The van der Waals surface area contributed by atoms with Crippen molar-refractivity contribution >= 4 is 27.8 Å². The Morgan fingerprint density at radius 3 is 2.94 bits per heavy atom. The molecule has 7 heteroatoms. The molecule has 1 aromatic carbocycles. The van der Waals surface area contributed by atoms with Gasteiger partial charge in [0.05, 0.1) is 11.7 Å². The number of pyridine rings is 2. The van der Waals surface area contributed by atoms with Crippen molar-refractivity contribution in [1.82, 2.24) is 24.9 Å². The van der Waals surface area contributed by atoms with Gasteiger partial charge in [-0.05, 0) is 49.1 Å². The SMILES string of the molecule is Fc1cncc(-c2nc(N[C@@H]3CCc4[nH]c5ccccc5c4C3)c3ncccc3n2)c1. The quantitative estimate of drug-likeness (QED) is 0.452. The molecule has 1 aliphatic rings. The van der Waals surface area contributed by atoms with E-state index in [1.165, 1.54) is 34.4 Å². The summed E-state index contributed by atoms with van der Waals surface area (Å²) < 4.78 is 13.7. The Morgan fingerprint density at radius 2 is 2.00 bits per heavy atom. The maximum Gasteiger partial charge on any atom is 0.163 e. The third-order valence-corrected chi connectivity index (χ3v) is 5.85. The Morgan fingerprint density at radius 1 is 1.06 bits per heavy atom. The first-order chi connectivity index (χ1) is 15.2. The van der Waals surface area contributed by atoms with E-state index in [4.69, 9.17) is 4.98 Å². The van der Waals surface area contributed by atoms with Crippen LogP contribution in [0, 0.1) is 5.82 Å². The van der Waals surface area contributed by atoms with Crippen LogP contribution in [0.1, 0.15) is 17.7 Å². The van der Waals surface area contributed by atoms with Crippen molar-refractivity contribution in [3.8, 4) is 11.4 Å². The van der Waals surface area contributed by atoms with Gasteiger partial charge in [-0.15, -0.1) is 0 Å². The first-order valence-corrected chi connectivity index (χ1v) is 10.3. The number of benzene rings is 1. The summed E-state index contributed by atoms with van der Waals surface area (Å²) in [6, 6.07) is 13.8. The smallest absolute Gasteiger partial charge is 0.163 e. The molecule has 4 heterocycles. The number of nitrogens with one attached hydrogen (secondary N) is 2. The van der Waals surface area contributed by atoms with E-state index in [0.29, 0.717) is 28.2 Å². The van der Waals surface area contributed by atoms with E-state index in [2.05, 4.69) is 49.5 Å². The predicted octanol–water partition coefficient (Wildman–Crippen LogP) is 4.68. The molecule has 0 saturated heterocycles. The third-order valence-electron chi connectivity index (χ3n) is 5.85. The van der Waals surface area contributed by atoms with Crippen LogP contribution in [0.25, 0.3) is 33.3 Å². The molecule has 31 heavy (non-hydrogen) atoms. The number of para-hydroxylation sites is 1. The summed E-state index contributed by atoms with van der Waals surface area (Å²) in [7, 11) is 0. The number of hydrogen-bond acceptors (Lipinski definition) is 5. The maximum absolute atomic E-state index is 13.7. The minimum atomic E-state index is -0.416. The highest BCUT2D eigenvalue weighted by molar-refractivity contribution is 5.87. The molecule has 0 spiro atoms. The number of aromatic amines is 1. The molecule has 1 atom stereocenters. The molecule has 6 rings (SSSR count). The highest BCUT2D eigenvalue weighted by Gasteiger charge is 2.24. The van der Waals surface area contributed by atoms with Crippen LogP contribution in [-0.2, 0) is 12.8 Å². The molecule has 5 aromatic rings. The number of anilines is 1. The van der Waals surface area contributed by atoms with E-state index in [-0.39, 0.29) is 6.04 Å². The minimum Gasteiger partial charge on any atom is -0.365 e. The zero-order valence-corrected chi connectivity index (χ0v) is 16.6. The first-order valence-electron chi connectivity index (χ1n) is 10.3. The monoisotopic (exact) mass is 410 g/mol. The zero-order chi connectivity index (χ0) is 20.8. The molecule has 0 bridgehead atoms. The van der Waals surface area contributed by atoms with Crippen molar-refractivity contribution in [2.75, 3.05) is 5.32 Å². The number of halogens is 1. The van der Waals surface area contributed by atoms with E-state index in [1.54, 1.807) is 12.4 Å². The van der Waals surface area contributed by atoms with Gasteiger partial charge in [0.1, 0.15) is 11.3 Å². The van der Waals surface area contributed by atoms with Crippen LogP contribution in [0.5, 0.6) is 0 Å². The summed E-state index contributed by atoms with van der Waals surface area (Å²) in [5, 5.41) is 4.88. The van der Waals surface area contributed by atoms with E-state index < -0.39 is 5.82 Å². The van der Waals surface area contributed by atoms with Crippen LogP contribution in [0.15, 0.2) is 61.1 Å². The van der Waals surface area contributed by atoms with Gasteiger partial charge in [0, 0.05) is 40.6 Å². The molecule has 152 valence electrons. The summed E-state index contributed by atoms with van der Waals surface area (Å²) in [5.74, 6) is 0.679. The Labute approximate surface area is 177 Å². The molecule has 0 aliphatic heterocycles. The average Bonchev–Trinajstić information content (AvgIpc) is 3.17. The molecule has 4 aromatic heterocycles. The molecule has 1 aliphatic carbocycles. The number of hydrogen-bond donors (Lipinski definition) is 2. The first kappa shape index (κ1) is 17.9. The third kappa shape index (κ3) is 3.18. The Kier molecular flexibility index (Phi) is 4.12. The second-order valence-electron chi connectivity index (χ2n) is 7.87.